The average Bonchev–Trinajstić information content (AvgIpc) is 3.63. The summed E-state index contributed by atoms with van der Waals surface area (Å²) in [5.41, 5.74) is 2.53. The summed E-state index contributed by atoms with van der Waals surface area (Å²) in [5, 5.41) is 9.04. The van der Waals surface area contributed by atoms with Crippen molar-refractivity contribution in [2.45, 2.75) is 94.5 Å². The van der Waals surface area contributed by atoms with E-state index in [2.05, 4.69) is 19.8 Å². The van der Waals surface area contributed by atoms with Gasteiger partial charge in [0.25, 0.3) is 0 Å². The monoisotopic (exact) mass is 720 g/mol. The summed E-state index contributed by atoms with van der Waals surface area (Å²) in [6.07, 6.45) is 8.09. The van der Waals surface area contributed by atoms with Gasteiger partial charge in [-0.3, -0.25) is 0 Å². The minimum absolute atomic E-state index is 0.0218. The number of carboxylic acid groups (broad SMARTS) is 1. The van der Waals surface area contributed by atoms with Crippen molar-refractivity contribution in [1.82, 2.24) is 29.9 Å². The first-order chi connectivity index (χ1) is 25.0. The third-order valence-electron chi connectivity index (χ3n) is 11.2. The number of nitrogens with one attached hydrogen (secondary N) is 1. The number of hydrogen-bond acceptors (Lipinski definition) is 10. The van der Waals surface area contributed by atoms with E-state index in [9.17, 15) is 18.0 Å². The van der Waals surface area contributed by atoms with Crippen LogP contribution in [0, 0.1) is 5.41 Å². The summed E-state index contributed by atoms with van der Waals surface area (Å²) in [7, 11) is 3.72. The second-order valence-electron chi connectivity index (χ2n) is 15.1. The molecule has 0 radical (unpaired) electrons. The molecular weight excluding hydrogens is 677 g/mol. The quantitative estimate of drug-likeness (QED) is 0.163. The number of nitrogens with zero attached hydrogens (tertiary/aromatic N) is 7. The van der Waals surface area contributed by atoms with Gasteiger partial charge < -0.3 is 29.4 Å². The maximum Gasteiger partial charge on any atom is 0.433 e. The molecule has 2 bridgehead atoms. The van der Waals surface area contributed by atoms with E-state index < -0.39 is 17.8 Å². The second kappa shape index (κ2) is 13.6. The number of carbonyl (C=O) groups is 1. The van der Waals surface area contributed by atoms with Gasteiger partial charge in [0.15, 0.2) is 11.5 Å². The molecule has 276 valence electrons. The van der Waals surface area contributed by atoms with Crippen LogP contribution in [0.2, 0.25) is 0 Å². The van der Waals surface area contributed by atoms with Crippen LogP contribution in [0.1, 0.15) is 81.5 Å². The zero-order chi connectivity index (χ0) is 36.2. The minimum atomic E-state index is -4.59. The Morgan fingerprint density at radius 1 is 1.02 bits per heavy atom. The van der Waals surface area contributed by atoms with Crippen LogP contribution in [-0.4, -0.2) is 93.1 Å². The lowest BCUT2D eigenvalue weighted by Crippen LogP contribution is -2.46. The van der Waals surface area contributed by atoms with Crippen LogP contribution >= 0.6 is 0 Å². The molecule has 4 aliphatic rings. The number of aromatic nitrogens is 6. The summed E-state index contributed by atoms with van der Waals surface area (Å²) < 4.78 is 53.4. The number of imidazole rings is 1. The molecule has 6 heterocycles. The Kier molecular flexibility index (Phi) is 9.05. The fourth-order valence-corrected chi connectivity index (χ4v) is 8.75. The van der Waals surface area contributed by atoms with Crippen LogP contribution in [0.25, 0.3) is 33.9 Å². The van der Waals surface area contributed by atoms with E-state index in [0.29, 0.717) is 52.8 Å². The van der Waals surface area contributed by atoms with E-state index in [0.717, 1.165) is 81.8 Å². The molecular formula is C37H43F3N8O4. The topological polar surface area (TPSA) is 142 Å². The number of piperidine rings is 1. The van der Waals surface area contributed by atoms with Crippen molar-refractivity contribution in [1.29, 1.82) is 0 Å². The molecule has 4 aromatic heterocycles. The van der Waals surface area contributed by atoms with Gasteiger partial charge in [0.2, 0.25) is 0 Å². The molecule has 0 aromatic carbocycles. The number of fused-ring (bicyclic) bond motifs is 3. The highest BCUT2D eigenvalue weighted by Gasteiger charge is 2.42. The van der Waals surface area contributed by atoms with Crippen molar-refractivity contribution in [3.8, 4) is 22.8 Å². The Balaban J connectivity index is 1.14. The highest BCUT2D eigenvalue weighted by molar-refractivity contribution is 5.91. The van der Waals surface area contributed by atoms with E-state index in [1.807, 2.05) is 13.1 Å². The first kappa shape index (κ1) is 34.7. The molecule has 2 N–H and O–H groups in total. The van der Waals surface area contributed by atoms with Crippen molar-refractivity contribution in [2.24, 2.45) is 5.41 Å². The molecule has 2 aliphatic carbocycles. The maximum atomic E-state index is 14.0. The molecule has 4 fully saturated rings. The number of hydrogen-bond donors (Lipinski definition) is 2. The first-order valence-corrected chi connectivity index (χ1v) is 18.1. The summed E-state index contributed by atoms with van der Waals surface area (Å²) in [4.78, 5) is 42.0. The maximum absolute atomic E-state index is 14.0. The Hall–Kier alpha value is -4.37. The van der Waals surface area contributed by atoms with Gasteiger partial charge in [-0.2, -0.15) is 13.2 Å². The number of halogens is 3. The third-order valence-corrected chi connectivity index (χ3v) is 11.2. The standard InChI is InChI=1S/C37H43F3N8O4/c1-47(19-36(20-51-2)9-3-4-10-36)29-15-27(22-11-26(21-5-6-21)43-30(12-22)37(38,39)40)44-35-33(29)45-34(46-35)28-16-42-31(17-41-28)48-23-7-8-24(48)14-25(13-23)52-18-32(49)50/h11-12,15-17,21,23-25H,3-10,13-14,18-20H2,1-2H3,(H,49,50)(H,44,45,46)/t23-,24+,25?. The van der Waals surface area contributed by atoms with Crippen molar-refractivity contribution >= 4 is 28.6 Å². The molecule has 2 saturated carbocycles. The number of H-pyrrole nitrogens is 1. The van der Waals surface area contributed by atoms with E-state index in [1.54, 1.807) is 25.6 Å². The Labute approximate surface area is 299 Å². The number of alkyl halides is 3. The fraction of sp³-hybridized carbons (Fsp3) is 0.568. The van der Waals surface area contributed by atoms with E-state index in [1.165, 1.54) is 0 Å². The molecule has 2 aliphatic heterocycles. The fourth-order valence-electron chi connectivity index (χ4n) is 8.75. The predicted molar refractivity (Wildman–Crippen MR) is 187 cm³/mol. The number of carboxylic acids is 1. The second-order valence-corrected chi connectivity index (χ2v) is 15.1. The summed E-state index contributed by atoms with van der Waals surface area (Å²) in [5.74, 6) is 0.253. The molecule has 8 rings (SSSR count). The number of ether oxygens (including phenoxy) is 2. The normalized spacial score (nSPS) is 22.7. The van der Waals surface area contributed by atoms with Gasteiger partial charge in [0.05, 0.1) is 36.5 Å². The number of pyridine rings is 2. The number of anilines is 2. The lowest BCUT2D eigenvalue weighted by Gasteiger charge is -2.39. The highest BCUT2D eigenvalue weighted by Crippen LogP contribution is 2.44. The van der Waals surface area contributed by atoms with Crippen molar-refractivity contribution in [3.05, 3.63) is 42.0 Å². The van der Waals surface area contributed by atoms with Gasteiger partial charge >= 0.3 is 12.1 Å². The van der Waals surface area contributed by atoms with Crippen LogP contribution in [-0.2, 0) is 20.4 Å². The van der Waals surface area contributed by atoms with Gasteiger partial charge in [-0.25, -0.2) is 29.7 Å². The van der Waals surface area contributed by atoms with E-state index in [-0.39, 0.29) is 36.1 Å². The van der Waals surface area contributed by atoms with Gasteiger partial charge in [-0.05, 0) is 69.6 Å². The Morgan fingerprint density at radius 2 is 1.77 bits per heavy atom. The zero-order valence-electron chi connectivity index (χ0n) is 29.3. The largest absolute Gasteiger partial charge is 0.480 e. The number of aromatic amines is 1. The molecule has 12 nitrogen and oxygen atoms in total. The number of rotatable bonds is 12. The van der Waals surface area contributed by atoms with E-state index >= 15 is 0 Å². The van der Waals surface area contributed by atoms with Gasteiger partial charge in [0.1, 0.15) is 29.3 Å². The molecule has 52 heavy (non-hydrogen) atoms. The summed E-state index contributed by atoms with van der Waals surface area (Å²) in [6.45, 7) is 1.02. The van der Waals surface area contributed by atoms with Gasteiger partial charge in [-0.15, -0.1) is 0 Å². The Bertz CT molecular complexity index is 1930. The SMILES string of the molecule is COCC1(CN(C)c2cc(-c3cc(C4CC4)nc(C(F)(F)F)c3)nc3nc(-c4cnc(N5[C@@H]6CC[C@H]5CC(OCC(=O)O)C6)cn4)[nH]c23)CCCC1. The molecule has 15 heteroatoms. The summed E-state index contributed by atoms with van der Waals surface area (Å²) in [6, 6.07) is 5.05. The van der Waals surface area contributed by atoms with Gasteiger partial charge in [0, 0.05) is 55.4 Å². The molecule has 4 aromatic rings. The number of methoxy groups -OCH3 is 1. The van der Waals surface area contributed by atoms with E-state index in [4.69, 9.17) is 34.5 Å². The van der Waals surface area contributed by atoms with Gasteiger partial charge in [-0.1, -0.05) is 12.8 Å². The third kappa shape index (κ3) is 6.92. The van der Waals surface area contributed by atoms with Crippen LogP contribution in [0.3, 0.4) is 0 Å². The first-order valence-electron chi connectivity index (χ1n) is 18.1. The molecule has 1 unspecified atom stereocenters. The van der Waals surface area contributed by atoms with Crippen LogP contribution in [0.4, 0.5) is 24.7 Å². The van der Waals surface area contributed by atoms with Crippen molar-refractivity contribution < 1.29 is 32.5 Å². The number of aliphatic carboxylic acids is 1. The lowest BCUT2D eigenvalue weighted by molar-refractivity contribution is -0.145. The van der Waals surface area contributed by atoms with Crippen LogP contribution < -0.4 is 9.80 Å². The summed E-state index contributed by atoms with van der Waals surface area (Å²) >= 11 is 0. The Morgan fingerprint density at radius 3 is 2.40 bits per heavy atom. The van der Waals surface area contributed by atoms with Crippen LogP contribution in [0.5, 0.6) is 0 Å². The zero-order valence-corrected chi connectivity index (χ0v) is 29.3. The highest BCUT2D eigenvalue weighted by atomic mass is 19.4. The smallest absolute Gasteiger partial charge is 0.433 e. The molecule has 3 atom stereocenters. The van der Waals surface area contributed by atoms with Crippen molar-refractivity contribution in [3.63, 3.8) is 0 Å². The molecule has 0 amide bonds. The molecule has 2 saturated heterocycles. The predicted octanol–water partition coefficient (Wildman–Crippen LogP) is 6.62. The molecule has 0 spiro atoms. The minimum Gasteiger partial charge on any atom is -0.480 e. The lowest BCUT2D eigenvalue weighted by atomic mass is 9.86. The van der Waals surface area contributed by atoms with Crippen molar-refractivity contribution in [2.75, 3.05) is 43.7 Å². The average molecular weight is 721 g/mol. The van der Waals surface area contributed by atoms with Crippen LogP contribution in [0.15, 0.2) is 30.6 Å².